The van der Waals surface area contributed by atoms with Crippen LogP contribution in [0.1, 0.15) is 29.9 Å². The van der Waals surface area contributed by atoms with Crippen molar-refractivity contribution < 1.29 is 8.78 Å². The Labute approximate surface area is 160 Å². The van der Waals surface area contributed by atoms with Gasteiger partial charge in [0.2, 0.25) is 0 Å². The van der Waals surface area contributed by atoms with E-state index in [1.165, 1.54) is 12.1 Å². The summed E-state index contributed by atoms with van der Waals surface area (Å²) in [6.45, 7) is 1.82. The van der Waals surface area contributed by atoms with E-state index in [9.17, 15) is 8.78 Å². The number of aromatic nitrogens is 4. The lowest BCUT2D eigenvalue weighted by atomic mass is 10.1. The van der Waals surface area contributed by atoms with Crippen LogP contribution in [0.25, 0.3) is 23.2 Å². The summed E-state index contributed by atoms with van der Waals surface area (Å²) in [5.41, 5.74) is 3.47. The van der Waals surface area contributed by atoms with Crippen molar-refractivity contribution in [1.29, 1.82) is 0 Å². The maximum atomic E-state index is 13.5. The summed E-state index contributed by atoms with van der Waals surface area (Å²) < 4.78 is 26.9. The van der Waals surface area contributed by atoms with Gasteiger partial charge in [0.25, 0.3) is 0 Å². The number of hydrogen-bond acceptors (Lipinski definition) is 4. The van der Waals surface area contributed by atoms with Crippen molar-refractivity contribution in [2.75, 3.05) is 5.32 Å². The highest BCUT2D eigenvalue weighted by atomic mass is 19.1. The molecule has 4 rings (SSSR count). The van der Waals surface area contributed by atoms with E-state index < -0.39 is 11.6 Å². The van der Waals surface area contributed by atoms with Crippen molar-refractivity contribution >= 4 is 29.0 Å². The minimum Gasteiger partial charge on any atom is -0.364 e. The van der Waals surface area contributed by atoms with Gasteiger partial charge in [-0.05, 0) is 61.0 Å². The second kappa shape index (κ2) is 7.56. The zero-order valence-corrected chi connectivity index (χ0v) is 15.0. The Morgan fingerprint density at radius 3 is 2.61 bits per heavy atom. The molecule has 0 unspecified atom stereocenters. The van der Waals surface area contributed by atoms with E-state index in [1.54, 1.807) is 12.3 Å². The third kappa shape index (κ3) is 3.88. The SMILES string of the molecule is C[C@@H](Nc1ccc2[nH]nc(/C=C/c3ccccn3)c2n1)c1cc(F)cc(F)c1. The van der Waals surface area contributed by atoms with Crippen LogP contribution in [0.15, 0.2) is 54.7 Å². The molecule has 0 aliphatic carbocycles. The molecule has 5 nitrogen and oxygen atoms in total. The molecule has 1 aromatic carbocycles. The molecule has 0 radical (unpaired) electrons. The molecular weight excluding hydrogens is 360 g/mol. The van der Waals surface area contributed by atoms with Crippen LogP contribution in [0, 0.1) is 11.6 Å². The fraction of sp³-hybridized carbons (Fsp3) is 0.0952. The standard InChI is InChI=1S/C21H17F2N5/c1-13(14-10-15(22)12-16(23)11-14)25-20-8-7-19-21(26-20)18(27-28-19)6-5-17-4-2-3-9-24-17/h2-13H,1H3,(H,25,26)(H,27,28)/b6-5+/t13-/m1/s1. The normalized spacial score (nSPS) is 12.5. The maximum absolute atomic E-state index is 13.5. The molecule has 0 spiro atoms. The Kier molecular flexibility index (Phi) is 4.80. The number of pyridine rings is 2. The fourth-order valence-electron chi connectivity index (χ4n) is 2.88. The Balaban J connectivity index is 1.59. The van der Waals surface area contributed by atoms with E-state index in [0.717, 1.165) is 17.3 Å². The van der Waals surface area contributed by atoms with Gasteiger partial charge in [-0.1, -0.05) is 6.07 Å². The minimum absolute atomic E-state index is 0.324. The zero-order valence-electron chi connectivity index (χ0n) is 15.0. The number of nitrogens with one attached hydrogen (secondary N) is 2. The van der Waals surface area contributed by atoms with Crippen LogP contribution in [0.3, 0.4) is 0 Å². The first kappa shape index (κ1) is 17.8. The molecule has 4 aromatic rings. The van der Waals surface area contributed by atoms with Gasteiger partial charge in [0.1, 0.15) is 28.7 Å². The molecule has 3 aromatic heterocycles. The number of rotatable bonds is 5. The van der Waals surface area contributed by atoms with Gasteiger partial charge in [-0.3, -0.25) is 10.1 Å². The Morgan fingerprint density at radius 1 is 1.04 bits per heavy atom. The lowest BCUT2D eigenvalue weighted by Gasteiger charge is -2.15. The molecule has 0 saturated carbocycles. The van der Waals surface area contributed by atoms with Crippen molar-refractivity contribution in [1.82, 2.24) is 20.2 Å². The first-order chi connectivity index (χ1) is 13.6. The van der Waals surface area contributed by atoms with Gasteiger partial charge in [-0.25, -0.2) is 13.8 Å². The van der Waals surface area contributed by atoms with Crippen LogP contribution in [0.5, 0.6) is 0 Å². The highest BCUT2D eigenvalue weighted by molar-refractivity contribution is 5.86. The molecule has 28 heavy (non-hydrogen) atoms. The third-order valence-electron chi connectivity index (χ3n) is 4.28. The molecule has 0 saturated heterocycles. The van der Waals surface area contributed by atoms with Crippen LogP contribution in [-0.2, 0) is 0 Å². The predicted octanol–water partition coefficient (Wildman–Crippen LogP) is 4.97. The van der Waals surface area contributed by atoms with Gasteiger partial charge in [-0.15, -0.1) is 0 Å². The molecule has 1 atom stereocenters. The lowest BCUT2D eigenvalue weighted by molar-refractivity contribution is 0.577. The molecule has 0 aliphatic heterocycles. The van der Waals surface area contributed by atoms with Gasteiger partial charge >= 0.3 is 0 Å². The third-order valence-corrected chi connectivity index (χ3v) is 4.28. The average Bonchev–Trinajstić information content (AvgIpc) is 3.09. The molecule has 0 amide bonds. The van der Waals surface area contributed by atoms with Crippen LogP contribution in [0.2, 0.25) is 0 Å². The summed E-state index contributed by atoms with van der Waals surface area (Å²) >= 11 is 0. The molecule has 0 fully saturated rings. The highest BCUT2D eigenvalue weighted by Crippen LogP contribution is 2.23. The van der Waals surface area contributed by atoms with Crippen molar-refractivity contribution in [3.05, 3.63) is 83.3 Å². The zero-order chi connectivity index (χ0) is 19.5. The summed E-state index contributed by atoms with van der Waals surface area (Å²) in [6.07, 6.45) is 5.41. The second-order valence-electron chi connectivity index (χ2n) is 6.36. The summed E-state index contributed by atoms with van der Waals surface area (Å²) in [5, 5.41) is 10.4. The number of hydrogen-bond donors (Lipinski definition) is 2. The minimum atomic E-state index is -0.608. The van der Waals surface area contributed by atoms with Gasteiger partial charge in [0, 0.05) is 12.3 Å². The fourth-order valence-corrected chi connectivity index (χ4v) is 2.88. The van der Waals surface area contributed by atoms with E-state index in [4.69, 9.17) is 0 Å². The van der Waals surface area contributed by atoms with Crippen molar-refractivity contribution in [2.45, 2.75) is 13.0 Å². The number of nitrogens with zero attached hydrogens (tertiary/aromatic N) is 3. The second-order valence-corrected chi connectivity index (χ2v) is 6.36. The summed E-state index contributed by atoms with van der Waals surface area (Å²) in [5.74, 6) is -0.633. The smallest absolute Gasteiger partial charge is 0.127 e. The highest BCUT2D eigenvalue weighted by Gasteiger charge is 2.11. The molecule has 2 N–H and O–H groups in total. The quantitative estimate of drug-likeness (QED) is 0.515. The van der Waals surface area contributed by atoms with Crippen molar-refractivity contribution in [3.8, 4) is 0 Å². The summed E-state index contributed by atoms with van der Waals surface area (Å²) in [4.78, 5) is 8.84. The van der Waals surface area contributed by atoms with Crippen LogP contribution >= 0.6 is 0 Å². The molecule has 140 valence electrons. The number of H-pyrrole nitrogens is 1. The molecule has 0 aliphatic rings. The number of halogens is 2. The summed E-state index contributed by atoms with van der Waals surface area (Å²) in [6, 6.07) is 12.4. The Bertz CT molecular complexity index is 1120. The summed E-state index contributed by atoms with van der Waals surface area (Å²) in [7, 11) is 0. The van der Waals surface area contributed by atoms with Crippen LogP contribution in [-0.4, -0.2) is 20.2 Å². The van der Waals surface area contributed by atoms with E-state index in [1.807, 2.05) is 43.3 Å². The predicted molar refractivity (Wildman–Crippen MR) is 105 cm³/mol. The molecule has 0 bridgehead atoms. The lowest BCUT2D eigenvalue weighted by Crippen LogP contribution is -2.08. The average molecular weight is 377 g/mol. The van der Waals surface area contributed by atoms with Gasteiger partial charge in [0.15, 0.2) is 0 Å². The van der Waals surface area contributed by atoms with E-state index >= 15 is 0 Å². The Hall–Kier alpha value is -3.61. The topological polar surface area (TPSA) is 66.5 Å². The number of fused-ring (bicyclic) bond motifs is 1. The van der Waals surface area contributed by atoms with Gasteiger partial charge in [-0.2, -0.15) is 5.10 Å². The Morgan fingerprint density at radius 2 is 1.86 bits per heavy atom. The van der Waals surface area contributed by atoms with Crippen LogP contribution in [0.4, 0.5) is 14.6 Å². The van der Waals surface area contributed by atoms with Gasteiger partial charge in [0.05, 0.1) is 17.3 Å². The van der Waals surface area contributed by atoms with Gasteiger partial charge < -0.3 is 5.32 Å². The first-order valence-electron chi connectivity index (χ1n) is 8.75. The van der Waals surface area contributed by atoms with E-state index in [0.29, 0.717) is 22.6 Å². The maximum Gasteiger partial charge on any atom is 0.127 e. The molecule has 7 heteroatoms. The van der Waals surface area contributed by atoms with E-state index in [2.05, 4.69) is 25.5 Å². The first-order valence-corrected chi connectivity index (χ1v) is 8.75. The van der Waals surface area contributed by atoms with Crippen molar-refractivity contribution in [3.63, 3.8) is 0 Å². The number of aromatic amines is 1. The molecule has 3 heterocycles. The van der Waals surface area contributed by atoms with E-state index in [-0.39, 0.29) is 6.04 Å². The number of anilines is 1. The number of benzene rings is 1. The molecular formula is C21H17F2N5. The largest absolute Gasteiger partial charge is 0.364 e. The van der Waals surface area contributed by atoms with Crippen LogP contribution < -0.4 is 5.32 Å². The van der Waals surface area contributed by atoms with Crippen molar-refractivity contribution in [2.24, 2.45) is 0 Å². The monoisotopic (exact) mass is 377 g/mol.